The van der Waals surface area contributed by atoms with Gasteiger partial charge in [-0.1, -0.05) is 6.07 Å². The van der Waals surface area contributed by atoms with Gasteiger partial charge in [-0.3, -0.25) is 19.7 Å². The van der Waals surface area contributed by atoms with E-state index in [1.807, 2.05) is 35.4 Å². The van der Waals surface area contributed by atoms with Crippen LogP contribution in [-0.2, 0) is 17.8 Å². The summed E-state index contributed by atoms with van der Waals surface area (Å²) in [5.41, 5.74) is 1.49. The Morgan fingerprint density at radius 1 is 1.19 bits per heavy atom. The Kier molecular flexibility index (Phi) is 5.05. The zero-order valence-corrected chi connectivity index (χ0v) is 17.8. The Morgan fingerprint density at radius 3 is 2.81 bits per heavy atom. The van der Waals surface area contributed by atoms with Crippen LogP contribution in [0, 0.1) is 16.0 Å². The number of ether oxygens (including phenoxy) is 1. The third-order valence-corrected chi connectivity index (χ3v) is 6.65. The summed E-state index contributed by atoms with van der Waals surface area (Å²) in [4.78, 5) is 38.5. The van der Waals surface area contributed by atoms with Crippen molar-refractivity contribution < 1.29 is 14.5 Å². The molecular formula is C23H24N4O5. The quantitative estimate of drug-likeness (QED) is 0.452. The van der Waals surface area contributed by atoms with E-state index in [0.717, 1.165) is 23.0 Å². The van der Waals surface area contributed by atoms with Crippen molar-refractivity contribution >= 4 is 22.5 Å². The van der Waals surface area contributed by atoms with E-state index in [9.17, 15) is 19.7 Å². The van der Waals surface area contributed by atoms with Gasteiger partial charge in [0.1, 0.15) is 0 Å². The number of fused-ring (bicyclic) bond motifs is 5. The number of rotatable bonds is 5. The van der Waals surface area contributed by atoms with Crippen molar-refractivity contribution in [1.82, 2.24) is 14.0 Å². The number of benzene rings is 1. The molecule has 0 radical (unpaired) electrons. The Hall–Kier alpha value is -3.46. The second-order valence-electron chi connectivity index (χ2n) is 8.57. The Labute approximate surface area is 184 Å². The normalized spacial score (nSPS) is 19.7. The summed E-state index contributed by atoms with van der Waals surface area (Å²) in [5, 5.41) is 12.1. The molecule has 0 saturated carbocycles. The number of methoxy groups -OCH3 is 1. The molecule has 4 heterocycles. The van der Waals surface area contributed by atoms with Crippen LogP contribution in [0.15, 0.2) is 47.4 Å². The average molecular weight is 436 g/mol. The molecule has 1 aromatic carbocycles. The van der Waals surface area contributed by atoms with E-state index in [4.69, 9.17) is 4.74 Å². The molecule has 2 aromatic heterocycles. The van der Waals surface area contributed by atoms with E-state index >= 15 is 0 Å². The van der Waals surface area contributed by atoms with Crippen LogP contribution >= 0.6 is 0 Å². The minimum atomic E-state index is -0.630. The van der Waals surface area contributed by atoms with Crippen molar-refractivity contribution in [2.24, 2.45) is 5.92 Å². The Morgan fingerprint density at radius 2 is 2.03 bits per heavy atom. The number of carbonyl (C=O) groups excluding carboxylic acids is 1. The zero-order chi connectivity index (χ0) is 22.4. The lowest BCUT2D eigenvalue weighted by atomic mass is 9.83. The van der Waals surface area contributed by atoms with Crippen LogP contribution in [0.3, 0.4) is 0 Å². The van der Waals surface area contributed by atoms with Gasteiger partial charge >= 0.3 is 11.2 Å². The summed E-state index contributed by atoms with van der Waals surface area (Å²) in [6.45, 7) is 2.73. The van der Waals surface area contributed by atoms with E-state index in [0.29, 0.717) is 38.3 Å². The number of amides is 1. The van der Waals surface area contributed by atoms with Crippen LogP contribution < -0.4 is 5.56 Å². The molecule has 32 heavy (non-hydrogen) atoms. The molecule has 2 aliphatic rings. The maximum absolute atomic E-state index is 13.5. The number of likely N-dealkylation sites (tertiary alicyclic amines) is 1. The number of pyridine rings is 1. The van der Waals surface area contributed by atoms with Crippen molar-refractivity contribution in [3.05, 3.63) is 74.3 Å². The fourth-order valence-electron chi connectivity index (χ4n) is 5.20. The number of aromatic nitrogens is 2. The van der Waals surface area contributed by atoms with Gasteiger partial charge < -0.3 is 18.8 Å². The molecular weight excluding hydrogens is 412 g/mol. The Bertz CT molecular complexity index is 1280. The summed E-state index contributed by atoms with van der Waals surface area (Å²) >= 11 is 0. The molecule has 5 rings (SSSR count). The third kappa shape index (κ3) is 3.29. The van der Waals surface area contributed by atoms with Crippen LogP contribution in [0.2, 0.25) is 0 Å². The summed E-state index contributed by atoms with van der Waals surface area (Å²) in [5.74, 6) is 0.0633. The second kappa shape index (κ2) is 7.90. The van der Waals surface area contributed by atoms with Crippen LogP contribution in [0.4, 0.5) is 5.69 Å². The summed E-state index contributed by atoms with van der Waals surface area (Å²) < 4.78 is 8.80. The third-order valence-electron chi connectivity index (χ3n) is 6.65. The van der Waals surface area contributed by atoms with Gasteiger partial charge in [-0.15, -0.1) is 0 Å². The van der Waals surface area contributed by atoms with Gasteiger partial charge in [-0.2, -0.15) is 0 Å². The molecule has 0 aliphatic carbocycles. The van der Waals surface area contributed by atoms with Gasteiger partial charge in [0.2, 0.25) is 0 Å². The molecule has 9 nitrogen and oxygen atoms in total. The van der Waals surface area contributed by atoms with Gasteiger partial charge in [-0.25, -0.2) is 0 Å². The molecule has 1 amide bonds. The van der Waals surface area contributed by atoms with Crippen LogP contribution in [0.5, 0.6) is 0 Å². The lowest BCUT2D eigenvalue weighted by Gasteiger charge is -2.42. The van der Waals surface area contributed by atoms with Crippen molar-refractivity contribution in [2.75, 3.05) is 26.8 Å². The first-order valence-electron chi connectivity index (χ1n) is 10.7. The molecule has 166 valence electrons. The highest BCUT2D eigenvalue weighted by Gasteiger charge is 2.38. The molecule has 2 atom stereocenters. The first-order chi connectivity index (χ1) is 15.5. The fraction of sp³-hybridized carbons (Fsp3) is 0.391. The number of nitrogens with zero attached hydrogens (tertiary/aromatic N) is 4. The molecule has 1 saturated heterocycles. The van der Waals surface area contributed by atoms with Crippen molar-refractivity contribution in [2.45, 2.75) is 25.4 Å². The molecule has 3 aromatic rings. The smallest absolute Gasteiger partial charge is 0.334 e. The topological polar surface area (TPSA) is 99.6 Å². The average Bonchev–Trinajstić information content (AvgIpc) is 3.20. The number of piperidine rings is 1. The van der Waals surface area contributed by atoms with E-state index < -0.39 is 16.2 Å². The molecule has 2 bridgehead atoms. The highest BCUT2D eigenvalue weighted by molar-refractivity contribution is 6.06. The van der Waals surface area contributed by atoms with E-state index in [1.165, 1.54) is 10.6 Å². The largest absolute Gasteiger partial charge is 0.383 e. The zero-order valence-electron chi connectivity index (χ0n) is 17.8. The van der Waals surface area contributed by atoms with Crippen molar-refractivity contribution in [3.8, 4) is 0 Å². The van der Waals surface area contributed by atoms with Crippen molar-refractivity contribution in [1.29, 1.82) is 0 Å². The SMILES string of the molecule is COCCn1ccc2c(C(=O)N3C[C@H]4C[C@@H](C3)c3ccc([N+](=O)[O-])c(=O)n3C4)cccc21. The number of hydrogen-bond acceptors (Lipinski definition) is 5. The number of hydrogen-bond donors (Lipinski definition) is 0. The minimum Gasteiger partial charge on any atom is -0.383 e. The van der Waals surface area contributed by atoms with Crippen molar-refractivity contribution in [3.63, 3.8) is 0 Å². The maximum atomic E-state index is 13.5. The van der Waals surface area contributed by atoms with Crippen LogP contribution in [0.25, 0.3) is 10.9 Å². The van der Waals surface area contributed by atoms with E-state index in [1.54, 1.807) is 13.2 Å². The van der Waals surface area contributed by atoms with Gasteiger partial charge in [0.15, 0.2) is 0 Å². The monoisotopic (exact) mass is 436 g/mol. The van der Waals surface area contributed by atoms with Gasteiger partial charge in [0.05, 0.1) is 11.5 Å². The van der Waals surface area contributed by atoms with E-state index in [2.05, 4.69) is 4.57 Å². The van der Waals surface area contributed by atoms with Crippen LogP contribution in [-0.4, -0.2) is 51.7 Å². The maximum Gasteiger partial charge on any atom is 0.334 e. The highest BCUT2D eigenvalue weighted by atomic mass is 16.6. The molecule has 0 spiro atoms. The first-order valence-corrected chi connectivity index (χ1v) is 10.7. The molecule has 0 unspecified atom stereocenters. The molecule has 2 aliphatic heterocycles. The van der Waals surface area contributed by atoms with E-state index in [-0.39, 0.29) is 17.7 Å². The highest BCUT2D eigenvalue weighted by Crippen LogP contribution is 2.36. The molecule has 1 fully saturated rings. The first kappa shape index (κ1) is 20.4. The predicted molar refractivity (Wildman–Crippen MR) is 118 cm³/mol. The lowest BCUT2D eigenvalue weighted by molar-refractivity contribution is -0.386. The second-order valence-corrected chi connectivity index (χ2v) is 8.57. The van der Waals surface area contributed by atoms with Gasteiger partial charge in [0, 0.05) is 73.6 Å². The van der Waals surface area contributed by atoms with Gasteiger partial charge in [-0.05, 0) is 36.6 Å². The standard InChI is InChI=1S/C23H24N4O5/c1-32-10-9-24-8-7-17-18(3-2-4-20(17)24)22(28)25-12-15-11-16(14-25)19-5-6-21(27(30)31)23(29)26(19)13-15/h2-8,15-16H,9-14H2,1H3/t15-,16+/m1/s1. The summed E-state index contributed by atoms with van der Waals surface area (Å²) in [7, 11) is 1.66. The predicted octanol–water partition coefficient (Wildman–Crippen LogP) is 2.62. The Balaban J connectivity index is 1.44. The molecule has 0 N–H and O–H groups in total. The van der Waals surface area contributed by atoms with Crippen LogP contribution in [0.1, 0.15) is 28.4 Å². The minimum absolute atomic E-state index is 0.00883. The lowest BCUT2D eigenvalue weighted by Crippen LogP contribution is -2.49. The fourth-order valence-corrected chi connectivity index (χ4v) is 5.20. The van der Waals surface area contributed by atoms with Gasteiger partial charge in [0.25, 0.3) is 5.91 Å². The summed E-state index contributed by atoms with van der Waals surface area (Å²) in [6, 6.07) is 10.7. The summed E-state index contributed by atoms with van der Waals surface area (Å²) in [6.07, 6.45) is 2.85. The number of carbonyl (C=O) groups is 1. The molecule has 9 heteroatoms. The number of nitro groups is 1.